The van der Waals surface area contributed by atoms with E-state index in [9.17, 15) is 4.79 Å². The maximum absolute atomic E-state index is 12.2. The summed E-state index contributed by atoms with van der Waals surface area (Å²) in [5, 5.41) is 1.01. The Labute approximate surface area is 155 Å². The van der Waals surface area contributed by atoms with Crippen molar-refractivity contribution in [3.8, 4) is 10.6 Å². The van der Waals surface area contributed by atoms with Gasteiger partial charge in [-0.15, -0.1) is 11.3 Å². The highest BCUT2D eigenvalue weighted by molar-refractivity contribution is 7.21. The van der Waals surface area contributed by atoms with Crippen molar-refractivity contribution < 1.29 is 4.79 Å². The van der Waals surface area contributed by atoms with Gasteiger partial charge in [0.1, 0.15) is 5.01 Å². The van der Waals surface area contributed by atoms with E-state index < -0.39 is 0 Å². The first kappa shape index (κ1) is 15.3. The van der Waals surface area contributed by atoms with Crippen LogP contribution in [0.15, 0.2) is 78.9 Å². The van der Waals surface area contributed by atoms with Crippen LogP contribution in [0.2, 0.25) is 0 Å². The van der Waals surface area contributed by atoms with E-state index in [4.69, 9.17) is 4.98 Å². The highest BCUT2D eigenvalue weighted by atomic mass is 32.1. The lowest BCUT2D eigenvalue weighted by molar-refractivity contribution is -0.124. The molecule has 1 amide bonds. The molecule has 1 unspecified atom stereocenters. The van der Waals surface area contributed by atoms with Gasteiger partial charge in [0.05, 0.1) is 22.7 Å². The van der Waals surface area contributed by atoms with Crippen LogP contribution < -0.4 is 4.90 Å². The Bertz CT molecular complexity index is 1050. The summed E-state index contributed by atoms with van der Waals surface area (Å²) in [5.41, 5.74) is 4.24. The maximum atomic E-state index is 12.2. The van der Waals surface area contributed by atoms with Gasteiger partial charge in [-0.25, -0.2) is 4.98 Å². The second-order valence-corrected chi connectivity index (χ2v) is 7.46. The molecular weight excluding hydrogens is 340 g/mol. The van der Waals surface area contributed by atoms with Crippen LogP contribution >= 0.6 is 11.3 Å². The van der Waals surface area contributed by atoms with Crippen LogP contribution in [-0.2, 0) is 4.79 Å². The van der Waals surface area contributed by atoms with Crippen LogP contribution in [0.5, 0.6) is 0 Å². The minimum atomic E-state index is 0.136. The number of rotatable bonds is 3. The highest BCUT2D eigenvalue weighted by Gasteiger charge is 2.38. The fourth-order valence-corrected chi connectivity index (χ4v) is 4.41. The molecule has 0 radical (unpaired) electrons. The minimum Gasteiger partial charge on any atom is -0.304 e. The lowest BCUT2D eigenvalue weighted by Crippen LogP contribution is -2.46. The summed E-state index contributed by atoms with van der Waals surface area (Å²) in [6.07, 6.45) is 0.573. The fraction of sp³-hybridized carbons (Fsp3) is 0.0909. The van der Waals surface area contributed by atoms with E-state index in [0.717, 1.165) is 21.8 Å². The van der Waals surface area contributed by atoms with E-state index in [1.807, 2.05) is 53.4 Å². The number of β-lactam (4-membered cyclic amide) rings is 1. The molecule has 126 valence electrons. The summed E-state index contributed by atoms with van der Waals surface area (Å²) in [6, 6.07) is 26.7. The van der Waals surface area contributed by atoms with Gasteiger partial charge in [-0.05, 0) is 42.0 Å². The zero-order valence-corrected chi connectivity index (χ0v) is 14.8. The molecule has 1 aliphatic rings. The molecule has 1 aromatic heterocycles. The molecule has 1 saturated heterocycles. The van der Waals surface area contributed by atoms with Crippen LogP contribution in [0.25, 0.3) is 20.8 Å². The number of aromatic nitrogens is 1. The topological polar surface area (TPSA) is 33.2 Å². The number of thiazole rings is 1. The molecule has 3 nitrogen and oxygen atoms in total. The highest BCUT2D eigenvalue weighted by Crippen LogP contribution is 2.39. The number of nitrogens with zero attached hydrogens (tertiary/aromatic N) is 2. The molecule has 1 aliphatic heterocycles. The molecule has 0 aliphatic carbocycles. The van der Waals surface area contributed by atoms with E-state index in [2.05, 4.69) is 30.3 Å². The fourth-order valence-electron chi connectivity index (χ4n) is 3.44. The number of hydrogen-bond donors (Lipinski definition) is 0. The van der Waals surface area contributed by atoms with Crippen molar-refractivity contribution in [2.75, 3.05) is 4.90 Å². The summed E-state index contributed by atoms with van der Waals surface area (Å²) >= 11 is 1.69. The first-order chi connectivity index (χ1) is 12.8. The Balaban J connectivity index is 1.45. The summed E-state index contributed by atoms with van der Waals surface area (Å²) < 4.78 is 1.19. The van der Waals surface area contributed by atoms with Gasteiger partial charge in [0.2, 0.25) is 5.91 Å². The van der Waals surface area contributed by atoms with E-state index in [1.165, 1.54) is 10.3 Å². The standard InChI is InChI=1S/C22H16N2OS/c25-21-14-19(15-6-2-1-3-7-15)24(21)17-12-10-16(11-13-17)22-23-18-8-4-5-9-20(18)26-22/h1-13,19H,14H2. The maximum Gasteiger partial charge on any atom is 0.230 e. The number of anilines is 1. The molecule has 2 heterocycles. The van der Waals surface area contributed by atoms with Crippen molar-refractivity contribution in [1.82, 2.24) is 4.98 Å². The molecule has 0 saturated carbocycles. The molecular formula is C22H16N2OS. The van der Waals surface area contributed by atoms with Crippen LogP contribution in [0.3, 0.4) is 0 Å². The molecule has 5 rings (SSSR count). The molecule has 1 fully saturated rings. The van der Waals surface area contributed by atoms with Crippen molar-refractivity contribution in [2.24, 2.45) is 0 Å². The molecule has 3 aromatic carbocycles. The average molecular weight is 356 g/mol. The largest absolute Gasteiger partial charge is 0.304 e. The third kappa shape index (κ3) is 2.50. The van der Waals surface area contributed by atoms with Crippen LogP contribution in [0.4, 0.5) is 5.69 Å². The molecule has 4 aromatic rings. The van der Waals surface area contributed by atoms with Crippen molar-refractivity contribution in [1.29, 1.82) is 0 Å². The van der Waals surface area contributed by atoms with E-state index >= 15 is 0 Å². The molecule has 26 heavy (non-hydrogen) atoms. The predicted octanol–water partition coefficient (Wildman–Crippen LogP) is 5.44. The third-order valence-corrected chi connectivity index (χ3v) is 5.90. The Morgan fingerprint density at radius 1 is 0.885 bits per heavy atom. The predicted molar refractivity (Wildman–Crippen MR) is 106 cm³/mol. The Morgan fingerprint density at radius 3 is 2.35 bits per heavy atom. The van der Waals surface area contributed by atoms with Gasteiger partial charge in [-0.2, -0.15) is 0 Å². The monoisotopic (exact) mass is 356 g/mol. The van der Waals surface area contributed by atoms with Crippen LogP contribution in [0, 0.1) is 0 Å². The van der Waals surface area contributed by atoms with Gasteiger partial charge in [-0.3, -0.25) is 4.79 Å². The SMILES string of the molecule is O=C1CC(c2ccccc2)N1c1ccc(-c2nc3ccccc3s2)cc1. The van der Waals surface area contributed by atoms with Gasteiger partial charge in [0.25, 0.3) is 0 Å². The van der Waals surface area contributed by atoms with E-state index in [-0.39, 0.29) is 11.9 Å². The number of amides is 1. The summed E-state index contributed by atoms with van der Waals surface area (Å²) in [6.45, 7) is 0. The van der Waals surface area contributed by atoms with Crippen LogP contribution in [-0.4, -0.2) is 10.9 Å². The molecule has 1 atom stereocenters. The number of benzene rings is 3. The van der Waals surface area contributed by atoms with E-state index in [1.54, 1.807) is 11.3 Å². The lowest BCUT2D eigenvalue weighted by atomic mass is 9.93. The second-order valence-electron chi connectivity index (χ2n) is 6.43. The van der Waals surface area contributed by atoms with Gasteiger partial charge < -0.3 is 4.90 Å². The van der Waals surface area contributed by atoms with Crippen molar-refractivity contribution in [3.63, 3.8) is 0 Å². The summed E-state index contributed by atoms with van der Waals surface area (Å²) in [7, 11) is 0. The van der Waals surface area contributed by atoms with E-state index in [0.29, 0.717) is 6.42 Å². The Kier molecular flexibility index (Phi) is 3.57. The van der Waals surface area contributed by atoms with Crippen LogP contribution in [0.1, 0.15) is 18.0 Å². The van der Waals surface area contributed by atoms with Gasteiger partial charge in [-0.1, -0.05) is 42.5 Å². The second kappa shape index (κ2) is 6.07. The van der Waals surface area contributed by atoms with Gasteiger partial charge in [0.15, 0.2) is 0 Å². The van der Waals surface area contributed by atoms with Crippen molar-refractivity contribution in [3.05, 3.63) is 84.4 Å². The number of para-hydroxylation sites is 1. The summed E-state index contributed by atoms with van der Waals surface area (Å²) in [5.74, 6) is 0.173. The van der Waals surface area contributed by atoms with Crippen molar-refractivity contribution >= 4 is 33.1 Å². The normalized spacial score (nSPS) is 16.7. The van der Waals surface area contributed by atoms with Gasteiger partial charge >= 0.3 is 0 Å². The number of fused-ring (bicyclic) bond motifs is 1. The van der Waals surface area contributed by atoms with Gasteiger partial charge in [0, 0.05) is 11.3 Å². The number of carbonyl (C=O) groups is 1. The first-order valence-electron chi connectivity index (χ1n) is 8.62. The summed E-state index contributed by atoms with van der Waals surface area (Å²) in [4.78, 5) is 18.8. The zero-order valence-electron chi connectivity index (χ0n) is 14.0. The quantitative estimate of drug-likeness (QED) is 0.458. The zero-order chi connectivity index (χ0) is 17.5. The smallest absolute Gasteiger partial charge is 0.230 e. The third-order valence-electron chi connectivity index (χ3n) is 4.82. The minimum absolute atomic E-state index is 0.136. The molecule has 0 N–H and O–H groups in total. The number of hydrogen-bond acceptors (Lipinski definition) is 3. The number of carbonyl (C=O) groups excluding carboxylic acids is 1. The Hall–Kier alpha value is -2.98. The Morgan fingerprint density at radius 2 is 1.62 bits per heavy atom. The lowest BCUT2D eigenvalue weighted by Gasteiger charge is -2.40. The van der Waals surface area contributed by atoms with Crippen molar-refractivity contribution in [2.45, 2.75) is 12.5 Å². The first-order valence-corrected chi connectivity index (χ1v) is 9.44. The molecule has 0 bridgehead atoms. The molecule has 0 spiro atoms. The molecule has 4 heteroatoms. The average Bonchev–Trinajstić information content (AvgIpc) is 3.11.